The summed E-state index contributed by atoms with van der Waals surface area (Å²) in [5.41, 5.74) is 8.96. The van der Waals surface area contributed by atoms with E-state index in [1.54, 1.807) is 0 Å². The maximum Gasteiger partial charge on any atom is 0.137 e. The van der Waals surface area contributed by atoms with Crippen molar-refractivity contribution in [3.8, 4) is 67.1 Å². The highest BCUT2D eigenvalue weighted by molar-refractivity contribution is 9.11. The summed E-state index contributed by atoms with van der Waals surface area (Å²) in [6, 6.07) is 40.4. The third-order valence-corrected chi connectivity index (χ3v) is 11.0. The van der Waals surface area contributed by atoms with E-state index in [1.165, 1.54) is 0 Å². The van der Waals surface area contributed by atoms with E-state index >= 15 is 0 Å². The Morgan fingerprint density at radius 2 is 0.583 bits per heavy atom. The second-order valence-corrected chi connectivity index (χ2v) is 13.9. The van der Waals surface area contributed by atoms with Crippen molar-refractivity contribution in [2.45, 2.75) is 0 Å². The third kappa shape index (κ3) is 6.79. The molecule has 0 aliphatic carbocycles. The van der Waals surface area contributed by atoms with E-state index in [0.29, 0.717) is 11.5 Å². The van der Waals surface area contributed by atoms with Gasteiger partial charge in [0.05, 0.1) is 13.2 Å². The van der Waals surface area contributed by atoms with E-state index in [0.717, 1.165) is 73.5 Å². The van der Waals surface area contributed by atoms with Crippen LogP contribution in [0.2, 0.25) is 0 Å². The van der Waals surface area contributed by atoms with E-state index < -0.39 is 0 Å². The van der Waals surface area contributed by atoms with Gasteiger partial charge in [0.25, 0.3) is 0 Å². The molecule has 0 bridgehead atoms. The van der Waals surface area contributed by atoms with Crippen LogP contribution < -0.4 is 9.47 Å². The Labute approximate surface area is 313 Å². The first kappa shape index (κ1) is 34.6. The van der Waals surface area contributed by atoms with Gasteiger partial charge in [-0.3, -0.25) is 0 Å². The van der Waals surface area contributed by atoms with Gasteiger partial charge in [0.2, 0.25) is 0 Å². The molecule has 0 unspecified atom stereocenters. The Bertz CT molecular complexity index is 1740. The van der Waals surface area contributed by atoms with Crippen LogP contribution in [0.1, 0.15) is 0 Å². The number of rotatable bonds is 11. The maximum absolute atomic E-state index is 9.87. The third-order valence-electron chi connectivity index (χ3n) is 7.84. The van der Waals surface area contributed by atoms with Gasteiger partial charge in [0.1, 0.15) is 24.7 Å². The summed E-state index contributed by atoms with van der Waals surface area (Å²) < 4.78 is 16.0. The van der Waals surface area contributed by atoms with Crippen LogP contribution in [0, 0.1) is 0 Å². The summed E-state index contributed by atoms with van der Waals surface area (Å²) in [6.45, 7) is -0.0175. The zero-order valence-corrected chi connectivity index (χ0v) is 31.9. The summed E-state index contributed by atoms with van der Waals surface area (Å²) in [6.07, 6.45) is 0. The summed E-state index contributed by atoms with van der Waals surface area (Å²) >= 11 is 16.3. The van der Waals surface area contributed by atoms with Gasteiger partial charge in [0.15, 0.2) is 0 Å². The van der Waals surface area contributed by atoms with E-state index in [4.69, 9.17) is 9.47 Å². The molecule has 0 aromatic heterocycles. The molecule has 0 aliphatic rings. The largest absolute Gasteiger partial charge is 0.490 e. The molecule has 8 heteroatoms. The van der Waals surface area contributed by atoms with Gasteiger partial charge in [-0.15, -0.1) is 0 Å². The van der Waals surface area contributed by atoms with Crippen molar-refractivity contribution in [3.05, 3.63) is 139 Å². The van der Waals surface area contributed by atoms with Crippen LogP contribution >= 0.6 is 63.7 Å². The average molecular weight is 894 g/mol. The van der Waals surface area contributed by atoms with Crippen molar-refractivity contribution in [1.29, 1.82) is 0 Å². The normalized spacial score (nSPS) is 11.0. The van der Waals surface area contributed by atoms with E-state index in [2.05, 4.69) is 112 Å². The fraction of sp³-hybridized carbons (Fsp3) is 0.100. The molecule has 6 rings (SSSR count). The molecule has 6 aromatic carbocycles. The standard InChI is InChI=1S/C40H30Br4O4/c41-35-29(25-13-5-1-6-14-25)39(47-23-21-45)30(26-15-7-2-8-16-26)36(42)33(35)34-37(43)31(27-17-9-3-10-18-27)40(48-24-22-46)32(38(34)44)28-19-11-4-12-20-28/h1-20,45-46H,21-24H2. The molecule has 0 heterocycles. The van der Waals surface area contributed by atoms with Crippen LogP contribution in [0.4, 0.5) is 0 Å². The van der Waals surface area contributed by atoms with E-state index in [1.807, 2.05) is 72.8 Å². The highest BCUT2D eigenvalue weighted by Crippen LogP contribution is 2.59. The van der Waals surface area contributed by atoms with Crippen molar-refractivity contribution >= 4 is 63.7 Å². The maximum atomic E-state index is 9.87. The lowest BCUT2D eigenvalue weighted by atomic mass is 9.88. The lowest BCUT2D eigenvalue weighted by Gasteiger charge is -2.27. The van der Waals surface area contributed by atoms with Crippen LogP contribution in [0.15, 0.2) is 139 Å². The molecule has 0 atom stereocenters. The highest BCUT2D eigenvalue weighted by atomic mass is 79.9. The second kappa shape index (κ2) is 16.0. The first-order chi connectivity index (χ1) is 23.5. The summed E-state index contributed by atoms with van der Waals surface area (Å²) in [7, 11) is 0. The fourth-order valence-corrected chi connectivity index (χ4v) is 9.57. The lowest BCUT2D eigenvalue weighted by molar-refractivity contribution is 0.202. The van der Waals surface area contributed by atoms with E-state index in [9.17, 15) is 10.2 Å². The molecule has 4 nitrogen and oxygen atoms in total. The number of hydrogen-bond donors (Lipinski definition) is 2. The average Bonchev–Trinajstić information content (AvgIpc) is 3.12. The number of benzene rings is 6. The van der Waals surface area contributed by atoms with Gasteiger partial charge >= 0.3 is 0 Å². The van der Waals surface area contributed by atoms with Crippen LogP contribution in [-0.2, 0) is 0 Å². The number of ether oxygens (including phenoxy) is 2. The van der Waals surface area contributed by atoms with Gasteiger partial charge in [-0.05, 0) is 86.0 Å². The van der Waals surface area contributed by atoms with Crippen molar-refractivity contribution in [1.82, 2.24) is 0 Å². The Hall–Kier alpha value is -3.24. The van der Waals surface area contributed by atoms with Crippen molar-refractivity contribution in [2.24, 2.45) is 0 Å². The van der Waals surface area contributed by atoms with Crippen molar-refractivity contribution < 1.29 is 19.7 Å². The summed E-state index contributed by atoms with van der Waals surface area (Å²) in [4.78, 5) is 0. The topological polar surface area (TPSA) is 58.9 Å². The molecule has 0 saturated heterocycles. The molecular formula is C40H30Br4O4. The molecule has 6 aromatic rings. The molecular weight excluding hydrogens is 864 g/mol. The number of hydrogen-bond acceptors (Lipinski definition) is 4. The molecule has 0 saturated carbocycles. The smallest absolute Gasteiger partial charge is 0.137 e. The zero-order valence-electron chi connectivity index (χ0n) is 25.6. The Morgan fingerprint density at radius 1 is 0.354 bits per heavy atom. The van der Waals surface area contributed by atoms with Gasteiger partial charge in [0, 0.05) is 51.3 Å². The quantitative estimate of drug-likeness (QED) is 0.136. The minimum absolute atomic E-state index is 0.123. The predicted octanol–water partition coefficient (Wildman–Crippen LogP) is 11.8. The second-order valence-electron chi connectivity index (χ2n) is 10.8. The van der Waals surface area contributed by atoms with Gasteiger partial charge in [-0.25, -0.2) is 0 Å². The van der Waals surface area contributed by atoms with Gasteiger partial charge in [-0.1, -0.05) is 121 Å². The Kier molecular flexibility index (Phi) is 11.5. The molecule has 0 spiro atoms. The summed E-state index contributed by atoms with van der Waals surface area (Å²) in [5, 5.41) is 19.7. The van der Waals surface area contributed by atoms with Crippen LogP contribution in [0.25, 0.3) is 55.6 Å². The Balaban J connectivity index is 1.82. The fourth-order valence-electron chi connectivity index (χ4n) is 5.82. The minimum atomic E-state index is -0.132. The molecule has 0 amide bonds. The number of aliphatic hydroxyl groups excluding tert-OH is 2. The first-order valence-corrected chi connectivity index (χ1v) is 18.4. The van der Waals surface area contributed by atoms with Crippen LogP contribution in [-0.4, -0.2) is 36.6 Å². The monoisotopic (exact) mass is 890 g/mol. The molecule has 2 N–H and O–H groups in total. The predicted molar refractivity (Wildman–Crippen MR) is 210 cm³/mol. The minimum Gasteiger partial charge on any atom is -0.490 e. The molecule has 0 fully saturated rings. The molecule has 0 radical (unpaired) electrons. The van der Waals surface area contributed by atoms with Gasteiger partial charge in [-0.2, -0.15) is 0 Å². The highest BCUT2D eigenvalue weighted by Gasteiger charge is 2.32. The molecule has 48 heavy (non-hydrogen) atoms. The van der Waals surface area contributed by atoms with Crippen LogP contribution in [0.3, 0.4) is 0 Å². The first-order valence-electron chi connectivity index (χ1n) is 15.3. The van der Waals surface area contributed by atoms with E-state index in [-0.39, 0.29) is 26.4 Å². The molecule has 0 aliphatic heterocycles. The SMILES string of the molecule is OCCOc1c(-c2ccccc2)c(Br)c(-c2c(Br)c(-c3ccccc3)c(OCCO)c(-c3ccccc3)c2Br)c(Br)c1-c1ccccc1. The summed E-state index contributed by atoms with van der Waals surface area (Å²) in [5.74, 6) is 1.29. The lowest BCUT2D eigenvalue weighted by Crippen LogP contribution is -2.08. The number of aliphatic hydroxyl groups is 2. The van der Waals surface area contributed by atoms with Crippen molar-refractivity contribution in [3.63, 3.8) is 0 Å². The zero-order chi connectivity index (χ0) is 33.6. The van der Waals surface area contributed by atoms with Crippen molar-refractivity contribution in [2.75, 3.05) is 26.4 Å². The van der Waals surface area contributed by atoms with Gasteiger partial charge < -0.3 is 19.7 Å². The molecule has 242 valence electrons. The van der Waals surface area contributed by atoms with Crippen LogP contribution in [0.5, 0.6) is 11.5 Å². The Morgan fingerprint density at radius 3 is 0.792 bits per heavy atom. The number of halogens is 4.